The van der Waals surface area contributed by atoms with Gasteiger partial charge in [-0.2, -0.15) is 0 Å². The van der Waals surface area contributed by atoms with E-state index in [1.807, 2.05) is 12.1 Å². The van der Waals surface area contributed by atoms with E-state index >= 15 is 0 Å². The highest BCUT2D eigenvalue weighted by Crippen LogP contribution is 2.39. The highest BCUT2D eigenvalue weighted by Gasteiger charge is 2.15. The minimum atomic E-state index is 0. The predicted octanol–water partition coefficient (Wildman–Crippen LogP) is 4.94. The Bertz CT molecular complexity index is 497. The van der Waals surface area contributed by atoms with Gasteiger partial charge in [0.05, 0.1) is 21.3 Å². The molecule has 0 aliphatic carbocycles. The molecule has 5 nitrogen and oxygen atoms in total. The van der Waals surface area contributed by atoms with Crippen LogP contribution < -0.4 is 19.5 Å². The van der Waals surface area contributed by atoms with Gasteiger partial charge in [0, 0.05) is 12.1 Å². The van der Waals surface area contributed by atoms with E-state index in [0.717, 1.165) is 37.4 Å². The zero-order valence-corrected chi connectivity index (χ0v) is 19.8. The summed E-state index contributed by atoms with van der Waals surface area (Å²) in [5.41, 5.74) is 1.08. The molecule has 7 heteroatoms. The molecule has 0 bridgehead atoms. The maximum atomic E-state index is 5.54. The number of nitrogens with zero attached hydrogens (tertiary/aromatic N) is 1. The number of ether oxygens (including phenoxy) is 3. The second-order valence-corrected chi connectivity index (χ2v) is 6.57. The molecule has 0 saturated carbocycles. The molecular weight excluding hydrogens is 399 g/mol. The first-order chi connectivity index (χ1) is 12.7. The summed E-state index contributed by atoms with van der Waals surface area (Å²) >= 11 is 0. The van der Waals surface area contributed by atoms with Crippen molar-refractivity contribution < 1.29 is 14.2 Å². The molecule has 0 heterocycles. The third-order valence-electron chi connectivity index (χ3n) is 4.58. The average molecular weight is 439 g/mol. The lowest BCUT2D eigenvalue weighted by atomic mass is 10.1. The van der Waals surface area contributed by atoms with E-state index in [9.17, 15) is 0 Å². The molecule has 0 saturated heterocycles. The van der Waals surface area contributed by atoms with Crippen LogP contribution in [0.25, 0.3) is 0 Å². The molecule has 0 amide bonds. The van der Waals surface area contributed by atoms with Crippen LogP contribution in [0.3, 0.4) is 0 Å². The van der Waals surface area contributed by atoms with E-state index in [4.69, 9.17) is 14.2 Å². The molecule has 0 fully saturated rings. The number of unbranched alkanes of at least 4 members (excludes halogenated alkanes) is 2. The summed E-state index contributed by atoms with van der Waals surface area (Å²) in [7, 11) is 4.94. The molecule has 0 aliphatic heterocycles. The maximum Gasteiger partial charge on any atom is 0.203 e. The fourth-order valence-electron chi connectivity index (χ4n) is 3.05. The number of hydrogen-bond donors (Lipinski definition) is 1. The van der Waals surface area contributed by atoms with Gasteiger partial charge in [-0.3, -0.25) is 0 Å². The van der Waals surface area contributed by atoms with Crippen molar-refractivity contribution in [3.8, 4) is 17.2 Å². The molecule has 1 N–H and O–H groups in total. The summed E-state index contributed by atoms with van der Waals surface area (Å²) in [6.45, 7) is 9.88. The van der Waals surface area contributed by atoms with Gasteiger partial charge >= 0.3 is 0 Å². The Morgan fingerprint density at radius 2 is 1.36 bits per heavy atom. The lowest BCUT2D eigenvalue weighted by Crippen LogP contribution is -2.29. The van der Waals surface area contributed by atoms with Crippen LogP contribution in [0.2, 0.25) is 0 Å². The summed E-state index contributed by atoms with van der Waals surface area (Å²) in [5.74, 6) is 2.09. The maximum absolute atomic E-state index is 5.54. The molecule has 0 aromatic heterocycles. The second-order valence-electron chi connectivity index (χ2n) is 6.57. The van der Waals surface area contributed by atoms with Crippen molar-refractivity contribution in [3.63, 3.8) is 0 Å². The molecule has 1 aromatic rings. The SMILES string of the molecule is CCCCN(CCCC)CCCNCc1ccc(OC)c(OC)c1OC.Cl.Cl. The summed E-state index contributed by atoms with van der Waals surface area (Å²) < 4.78 is 16.3. The molecule has 1 rings (SSSR count). The third-order valence-corrected chi connectivity index (χ3v) is 4.58. The van der Waals surface area contributed by atoms with Gasteiger partial charge in [-0.15, -0.1) is 24.8 Å². The van der Waals surface area contributed by atoms with Crippen molar-refractivity contribution in [2.24, 2.45) is 0 Å². The van der Waals surface area contributed by atoms with Crippen molar-refractivity contribution in [1.29, 1.82) is 0 Å². The monoisotopic (exact) mass is 438 g/mol. The molecule has 1 aromatic carbocycles. The number of halogens is 2. The van der Waals surface area contributed by atoms with E-state index in [1.54, 1.807) is 21.3 Å². The lowest BCUT2D eigenvalue weighted by Gasteiger charge is -2.22. The van der Waals surface area contributed by atoms with E-state index < -0.39 is 0 Å². The zero-order chi connectivity index (χ0) is 19.2. The number of methoxy groups -OCH3 is 3. The lowest BCUT2D eigenvalue weighted by molar-refractivity contribution is 0.261. The van der Waals surface area contributed by atoms with E-state index in [-0.39, 0.29) is 24.8 Å². The van der Waals surface area contributed by atoms with Crippen LogP contribution in [0, 0.1) is 0 Å². The topological polar surface area (TPSA) is 43.0 Å². The minimum absolute atomic E-state index is 0. The largest absolute Gasteiger partial charge is 0.493 e. The van der Waals surface area contributed by atoms with Crippen molar-refractivity contribution in [3.05, 3.63) is 17.7 Å². The Balaban J connectivity index is 0. The second kappa shape index (κ2) is 18.2. The first kappa shape index (κ1) is 29.3. The van der Waals surface area contributed by atoms with Crippen molar-refractivity contribution in [1.82, 2.24) is 10.2 Å². The van der Waals surface area contributed by atoms with Crippen molar-refractivity contribution in [2.75, 3.05) is 47.5 Å². The third kappa shape index (κ3) is 10.1. The average Bonchev–Trinajstić information content (AvgIpc) is 2.68. The number of hydrogen-bond acceptors (Lipinski definition) is 5. The molecule has 0 aliphatic rings. The standard InChI is InChI=1S/C21H38N2O3.2ClH/c1-6-8-14-23(15-9-7-2)16-10-13-22-17-18-11-12-19(24-3)21(26-5)20(18)25-4;;/h11-12,22H,6-10,13-17H2,1-5H3;2*1H. The fourth-order valence-corrected chi connectivity index (χ4v) is 3.05. The fraction of sp³-hybridized carbons (Fsp3) is 0.714. The number of nitrogens with one attached hydrogen (secondary N) is 1. The van der Waals surface area contributed by atoms with Gasteiger partial charge < -0.3 is 24.4 Å². The van der Waals surface area contributed by atoms with Crippen molar-refractivity contribution in [2.45, 2.75) is 52.5 Å². The normalized spacial score (nSPS) is 10.2. The summed E-state index contributed by atoms with van der Waals surface area (Å²) in [5, 5.41) is 3.53. The molecule has 0 spiro atoms. The molecule has 0 atom stereocenters. The number of benzene rings is 1. The predicted molar refractivity (Wildman–Crippen MR) is 123 cm³/mol. The quantitative estimate of drug-likeness (QED) is 0.392. The van der Waals surface area contributed by atoms with Gasteiger partial charge in [0.2, 0.25) is 5.75 Å². The molecule has 0 radical (unpaired) electrons. The molecular formula is C21H40Cl2N2O3. The number of rotatable bonds is 15. The Kier molecular flexibility index (Phi) is 19.0. The summed E-state index contributed by atoms with van der Waals surface area (Å²) in [6.07, 6.45) is 6.27. The van der Waals surface area contributed by atoms with E-state index in [0.29, 0.717) is 11.5 Å². The van der Waals surface area contributed by atoms with Crippen molar-refractivity contribution >= 4 is 24.8 Å². The van der Waals surface area contributed by atoms with Gasteiger partial charge in [0.1, 0.15) is 0 Å². The Morgan fingerprint density at radius 3 is 1.86 bits per heavy atom. The van der Waals surface area contributed by atoms with Crippen LogP contribution in [0.1, 0.15) is 51.5 Å². The summed E-state index contributed by atoms with van der Waals surface area (Å²) in [4.78, 5) is 2.60. The Labute approximate surface area is 184 Å². The van der Waals surface area contributed by atoms with E-state index in [2.05, 4.69) is 24.1 Å². The summed E-state index contributed by atoms with van der Waals surface area (Å²) in [6, 6.07) is 3.96. The first-order valence-corrected chi connectivity index (χ1v) is 9.92. The molecule has 0 unspecified atom stereocenters. The Hall–Kier alpha value is -0.880. The highest BCUT2D eigenvalue weighted by atomic mass is 35.5. The van der Waals surface area contributed by atoms with Gasteiger partial charge in [0.25, 0.3) is 0 Å². The minimum Gasteiger partial charge on any atom is -0.493 e. The van der Waals surface area contributed by atoms with Crippen LogP contribution in [0.4, 0.5) is 0 Å². The van der Waals surface area contributed by atoms with Gasteiger partial charge in [-0.25, -0.2) is 0 Å². The zero-order valence-electron chi connectivity index (χ0n) is 18.2. The van der Waals surface area contributed by atoms with Crippen LogP contribution in [0.5, 0.6) is 17.2 Å². The van der Waals surface area contributed by atoms with Crippen LogP contribution in [-0.2, 0) is 6.54 Å². The first-order valence-electron chi connectivity index (χ1n) is 9.92. The smallest absolute Gasteiger partial charge is 0.203 e. The van der Waals surface area contributed by atoms with Gasteiger partial charge in [0.15, 0.2) is 11.5 Å². The molecule has 28 heavy (non-hydrogen) atoms. The molecule has 166 valence electrons. The van der Waals surface area contributed by atoms with Crippen LogP contribution in [0.15, 0.2) is 12.1 Å². The Morgan fingerprint density at radius 1 is 0.786 bits per heavy atom. The van der Waals surface area contributed by atoms with Gasteiger partial charge in [-0.1, -0.05) is 32.8 Å². The van der Waals surface area contributed by atoms with E-state index in [1.165, 1.54) is 38.8 Å². The highest BCUT2D eigenvalue weighted by molar-refractivity contribution is 5.85. The van der Waals surface area contributed by atoms with Crippen LogP contribution >= 0.6 is 24.8 Å². The van der Waals surface area contributed by atoms with Gasteiger partial charge in [-0.05, 0) is 51.5 Å². The van der Waals surface area contributed by atoms with Crippen LogP contribution in [-0.4, -0.2) is 52.4 Å².